The number of hydrogen-bond donors (Lipinski definition) is 3. The van der Waals surface area contributed by atoms with Crippen molar-refractivity contribution < 1.29 is 24.5 Å². The molecule has 0 atom stereocenters. The Kier molecular flexibility index (Phi) is 7.55. The standard InChI is InChI=1S/C21H23N5O5S/c1-4-26-20(14-6-8-17(30-2)18(10-14)31-3)24-25-21(26)32-12-19(29)23-22-11-13-5-7-15(27)16(28)9-13/h5-11,27-28H,4,12H2,1-3H3,(H,23,29)/b22-11-. The van der Waals surface area contributed by atoms with Crippen LogP contribution >= 0.6 is 11.8 Å². The summed E-state index contributed by atoms with van der Waals surface area (Å²) in [4.78, 5) is 12.1. The first-order valence-electron chi connectivity index (χ1n) is 9.59. The predicted molar refractivity (Wildman–Crippen MR) is 120 cm³/mol. The van der Waals surface area contributed by atoms with E-state index in [9.17, 15) is 15.0 Å². The van der Waals surface area contributed by atoms with Gasteiger partial charge in [0.1, 0.15) is 0 Å². The number of carbonyl (C=O) groups excluding carboxylic acids is 1. The minimum Gasteiger partial charge on any atom is -0.504 e. The molecule has 3 rings (SSSR count). The van der Waals surface area contributed by atoms with Gasteiger partial charge in [-0.15, -0.1) is 10.2 Å². The van der Waals surface area contributed by atoms with E-state index in [0.717, 1.165) is 5.56 Å². The molecule has 2 aromatic carbocycles. The number of ether oxygens (including phenoxy) is 2. The summed E-state index contributed by atoms with van der Waals surface area (Å²) in [6.45, 7) is 2.58. The highest BCUT2D eigenvalue weighted by atomic mass is 32.2. The van der Waals surface area contributed by atoms with Crippen LogP contribution in [0.1, 0.15) is 12.5 Å². The lowest BCUT2D eigenvalue weighted by Gasteiger charge is -2.10. The number of methoxy groups -OCH3 is 2. The van der Waals surface area contributed by atoms with Gasteiger partial charge in [-0.25, -0.2) is 5.43 Å². The number of carbonyl (C=O) groups is 1. The molecule has 3 N–H and O–H groups in total. The van der Waals surface area contributed by atoms with Gasteiger partial charge in [0.05, 0.1) is 26.2 Å². The lowest BCUT2D eigenvalue weighted by molar-refractivity contribution is -0.118. The summed E-state index contributed by atoms with van der Waals surface area (Å²) in [6.07, 6.45) is 1.37. The Hall–Kier alpha value is -3.73. The molecular formula is C21H23N5O5S. The van der Waals surface area contributed by atoms with Gasteiger partial charge < -0.3 is 24.3 Å². The van der Waals surface area contributed by atoms with E-state index in [2.05, 4.69) is 20.7 Å². The van der Waals surface area contributed by atoms with Gasteiger partial charge in [0.15, 0.2) is 34.0 Å². The van der Waals surface area contributed by atoms with E-state index in [1.165, 1.54) is 30.1 Å². The summed E-state index contributed by atoms with van der Waals surface area (Å²) in [5, 5.41) is 31.7. The van der Waals surface area contributed by atoms with Crippen molar-refractivity contribution in [1.29, 1.82) is 0 Å². The molecular weight excluding hydrogens is 434 g/mol. The molecule has 168 valence electrons. The van der Waals surface area contributed by atoms with Crippen molar-refractivity contribution in [2.24, 2.45) is 5.10 Å². The van der Waals surface area contributed by atoms with Gasteiger partial charge >= 0.3 is 0 Å². The monoisotopic (exact) mass is 457 g/mol. The first-order valence-corrected chi connectivity index (χ1v) is 10.6. The Morgan fingerprint density at radius 2 is 1.91 bits per heavy atom. The average Bonchev–Trinajstić information content (AvgIpc) is 3.22. The maximum atomic E-state index is 12.1. The molecule has 0 saturated carbocycles. The second-order valence-electron chi connectivity index (χ2n) is 6.45. The summed E-state index contributed by atoms with van der Waals surface area (Å²) < 4.78 is 12.5. The molecule has 1 amide bonds. The van der Waals surface area contributed by atoms with Crippen LogP contribution in [0.5, 0.6) is 23.0 Å². The van der Waals surface area contributed by atoms with Gasteiger partial charge in [-0.05, 0) is 48.9 Å². The second-order valence-corrected chi connectivity index (χ2v) is 7.39. The van der Waals surface area contributed by atoms with Crippen LogP contribution in [0.4, 0.5) is 0 Å². The molecule has 0 unspecified atom stereocenters. The average molecular weight is 458 g/mol. The number of aromatic nitrogens is 3. The minimum atomic E-state index is -0.326. The van der Waals surface area contributed by atoms with E-state index >= 15 is 0 Å². The largest absolute Gasteiger partial charge is 0.504 e. The summed E-state index contributed by atoms with van der Waals surface area (Å²) in [7, 11) is 3.14. The summed E-state index contributed by atoms with van der Waals surface area (Å²) in [5.41, 5.74) is 3.76. The van der Waals surface area contributed by atoms with Crippen LogP contribution in [0, 0.1) is 0 Å². The fourth-order valence-corrected chi connectivity index (χ4v) is 3.63. The molecule has 0 bridgehead atoms. The topological polar surface area (TPSA) is 131 Å². The van der Waals surface area contributed by atoms with Crippen LogP contribution in [0.2, 0.25) is 0 Å². The smallest absolute Gasteiger partial charge is 0.250 e. The molecule has 0 aliphatic rings. The number of hydrogen-bond acceptors (Lipinski definition) is 9. The zero-order valence-electron chi connectivity index (χ0n) is 17.8. The molecule has 11 heteroatoms. The van der Waals surface area contributed by atoms with Crippen molar-refractivity contribution in [3.05, 3.63) is 42.0 Å². The Labute approximate surface area is 188 Å². The number of phenolic OH excluding ortho intramolecular Hbond substituents is 2. The van der Waals surface area contributed by atoms with Gasteiger partial charge in [0.2, 0.25) is 0 Å². The number of nitrogens with one attached hydrogen (secondary N) is 1. The maximum absolute atomic E-state index is 12.1. The predicted octanol–water partition coefficient (Wildman–Crippen LogP) is 2.64. The van der Waals surface area contributed by atoms with Crippen LogP contribution in [-0.2, 0) is 11.3 Å². The third-order valence-electron chi connectivity index (χ3n) is 4.41. The van der Waals surface area contributed by atoms with E-state index in [4.69, 9.17) is 9.47 Å². The molecule has 0 fully saturated rings. The van der Waals surface area contributed by atoms with Crippen molar-refractivity contribution in [3.63, 3.8) is 0 Å². The van der Waals surface area contributed by atoms with E-state index < -0.39 is 0 Å². The number of benzene rings is 2. The van der Waals surface area contributed by atoms with Crippen molar-refractivity contribution >= 4 is 23.9 Å². The maximum Gasteiger partial charge on any atom is 0.250 e. The number of nitrogens with zero attached hydrogens (tertiary/aromatic N) is 4. The first-order chi connectivity index (χ1) is 15.5. The van der Waals surface area contributed by atoms with Crippen LogP contribution in [-0.4, -0.2) is 57.1 Å². The number of thioether (sulfide) groups is 1. The third-order valence-corrected chi connectivity index (χ3v) is 5.38. The summed E-state index contributed by atoms with van der Waals surface area (Å²) in [5.74, 6) is 1.13. The lowest BCUT2D eigenvalue weighted by Crippen LogP contribution is -2.20. The van der Waals surface area contributed by atoms with Crippen LogP contribution in [0.15, 0.2) is 46.7 Å². The van der Waals surface area contributed by atoms with Crippen molar-refractivity contribution in [2.75, 3.05) is 20.0 Å². The van der Waals surface area contributed by atoms with Crippen molar-refractivity contribution in [3.8, 4) is 34.4 Å². The molecule has 1 aromatic heterocycles. The lowest BCUT2D eigenvalue weighted by atomic mass is 10.2. The molecule has 3 aromatic rings. The van der Waals surface area contributed by atoms with Gasteiger partial charge in [0.25, 0.3) is 5.91 Å². The van der Waals surface area contributed by atoms with E-state index in [1.54, 1.807) is 26.4 Å². The highest BCUT2D eigenvalue weighted by Crippen LogP contribution is 2.32. The van der Waals surface area contributed by atoms with Gasteiger partial charge in [-0.2, -0.15) is 5.10 Å². The SMILES string of the molecule is CCn1c(SCC(=O)N/N=C\c2ccc(O)c(O)c2)nnc1-c1ccc(OC)c(OC)c1. The Morgan fingerprint density at radius 1 is 1.12 bits per heavy atom. The van der Waals surface area contributed by atoms with Crippen molar-refractivity contribution in [2.45, 2.75) is 18.6 Å². The minimum absolute atomic E-state index is 0.0856. The number of hydrazone groups is 1. The molecule has 10 nitrogen and oxygen atoms in total. The zero-order chi connectivity index (χ0) is 23.1. The highest BCUT2D eigenvalue weighted by molar-refractivity contribution is 7.99. The number of aromatic hydroxyl groups is 2. The Bertz CT molecular complexity index is 1130. The van der Waals surface area contributed by atoms with Crippen LogP contribution in [0.3, 0.4) is 0 Å². The normalized spacial score (nSPS) is 11.0. The fraction of sp³-hybridized carbons (Fsp3) is 0.238. The van der Waals surface area contributed by atoms with Crippen LogP contribution < -0.4 is 14.9 Å². The summed E-state index contributed by atoms with van der Waals surface area (Å²) >= 11 is 1.24. The summed E-state index contributed by atoms with van der Waals surface area (Å²) in [6, 6.07) is 9.72. The molecule has 0 aliphatic carbocycles. The second kappa shape index (κ2) is 10.5. The van der Waals surface area contributed by atoms with Crippen molar-refractivity contribution in [1.82, 2.24) is 20.2 Å². The van der Waals surface area contributed by atoms with Gasteiger partial charge in [-0.3, -0.25) is 4.79 Å². The molecule has 32 heavy (non-hydrogen) atoms. The van der Waals surface area contributed by atoms with E-state index in [0.29, 0.717) is 34.6 Å². The quantitative estimate of drug-likeness (QED) is 0.193. The number of phenols is 2. The fourth-order valence-electron chi connectivity index (χ4n) is 2.83. The Morgan fingerprint density at radius 3 is 2.59 bits per heavy atom. The van der Waals surface area contributed by atoms with Gasteiger partial charge in [0, 0.05) is 12.1 Å². The van der Waals surface area contributed by atoms with Crippen LogP contribution in [0.25, 0.3) is 11.4 Å². The van der Waals surface area contributed by atoms with E-state index in [-0.39, 0.29) is 23.2 Å². The zero-order valence-corrected chi connectivity index (χ0v) is 18.6. The third kappa shape index (κ3) is 5.30. The molecule has 1 heterocycles. The van der Waals surface area contributed by atoms with E-state index in [1.807, 2.05) is 23.6 Å². The highest BCUT2D eigenvalue weighted by Gasteiger charge is 2.16. The molecule has 0 spiro atoms. The molecule has 0 radical (unpaired) electrons. The number of rotatable bonds is 9. The first kappa shape index (κ1) is 22.9. The molecule has 0 saturated heterocycles. The Balaban J connectivity index is 1.64. The number of amides is 1. The molecule has 0 aliphatic heterocycles. The van der Waals surface area contributed by atoms with Gasteiger partial charge in [-0.1, -0.05) is 11.8 Å².